The van der Waals surface area contributed by atoms with Crippen molar-refractivity contribution in [2.45, 2.75) is 61.4 Å². The fraction of sp³-hybridized carbons (Fsp3) is 0.444. The van der Waals surface area contributed by atoms with Crippen LogP contribution in [0.5, 0.6) is 28.7 Å². The molecule has 16 heteroatoms. The van der Waals surface area contributed by atoms with Crippen LogP contribution in [0, 0.1) is 0 Å². The number of hydrogen-bond donors (Lipinski definition) is 10. The summed E-state index contributed by atoms with van der Waals surface area (Å²) >= 11 is 0. The molecule has 5 rings (SSSR count). The maximum absolute atomic E-state index is 12.8. The van der Waals surface area contributed by atoms with Gasteiger partial charge in [-0.25, -0.2) is 0 Å². The highest BCUT2D eigenvalue weighted by Crippen LogP contribution is 2.45. The Morgan fingerprint density at radius 3 is 2.09 bits per heavy atom. The molecule has 0 unspecified atom stereocenters. The van der Waals surface area contributed by atoms with Crippen LogP contribution in [0.2, 0.25) is 0 Å². The largest absolute Gasteiger partial charge is 0.504 e. The minimum Gasteiger partial charge on any atom is -0.504 e. The molecule has 10 atom stereocenters. The van der Waals surface area contributed by atoms with E-state index >= 15 is 0 Å². The van der Waals surface area contributed by atoms with Crippen molar-refractivity contribution in [3.8, 4) is 28.7 Å². The first-order chi connectivity index (χ1) is 20.4. The highest BCUT2D eigenvalue weighted by Gasteiger charge is 2.48. The average Bonchev–Trinajstić information content (AvgIpc) is 3.30. The predicted octanol–water partition coefficient (Wildman–Crippen LogP) is -2.58. The number of aliphatic hydroxyl groups excluding tert-OH is 7. The number of aromatic hydroxyl groups is 3. The number of Topliss-reactive ketones (excluding diaryl/α,β-unsaturated/α-hetero) is 1. The van der Waals surface area contributed by atoms with E-state index in [1.807, 2.05) is 0 Å². The van der Waals surface area contributed by atoms with Crippen LogP contribution in [0.1, 0.15) is 15.9 Å². The summed E-state index contributed by atoms with van der Waals surface area (Å²) in [6.45, 7) is -1.30. The van der Waals surface area contributed by atoms with E-state index in [1.165, 1.54) is 36.4 Å². The summed E-state index contributed by atoms with van der Waals surface area (Å²) in [5.41, 5.74) is 0.274. The van der Waals surface area contributed by atoms with Crippen molar-refractivity contribution in [2.24, 2.45) is 0 Å². The van der Waals surface area contributed by atoms with Crippen LogP contribution in [0.3, 0.4) is 0 Å². The van der Waals surface area contributed by atoms with E-state index in [-0.39, 0.29) is 28.6 Å². The highest BCUT2D eigenvalue weighted by atomic mass is 16.7. The predicted molar refractivity (Wildman–Crippen MR) is 138 cm³/mol. The van der Waals surface area contributed by atoms with Crippen molar-refractivity contribution in [1.29, 1.82) is 0 Å². The first-order valence-electron chi connectivity index (χ1n) is 13.0. The van der Waals surface area contributed by atoms with Gasteiger partial charge >= 0.3 is 0 Å². The van der Waals surface area contributed by atoms with Gasteiger partial charge in [0, 0.05) is 0 Å². The summed E-state index contributed by atoms with van der Waals surface area (Å²) in [5.74, 6) is -2.90. The van der Waals surface area contributed by atoms with Crippen LogP contribution >= 0.6 is 0 Å². The molecule has 0 spiro atoms. The zero-order chi connectivity index (χ0) is 31.2. The Kier molecular flexibility index (Phi) is 8.77. The van der Waals surface area contributed by atoms with Crippen molar-refractivity contribution in [1.82, 2.24) is 0 Å². The second kappa shape index (κ2) is 12.2. The summed E-state index contributed by atoms with van der Waals surface area (Å²) < 4.78 is 27.2. The van der Waals surface area contributed by atoms with Gasteiger partial charge < -0.3 is 74.7 Å². The van der Waals surface area contributed by atoms with Gasteiger partial charge in [-0.2, -0.15) is 0 Å². The molecule has 0 aliphatic carbocycles. The van der Waals surface area contributed by atoms with E-state index in [4.69, 9.17) is 23.7 Å². The van der Waals surface area contributed by atoms with Crippen LogP contribution in [0.15, 0.2) is 36.1 Å². The first-order valence-corrected chi connectivity index (χ1v) is 13.0. The van der Waals surface area contributed by atoms with Gasteiger partial charge in [0.2, 0.25) is 17.8 Å². The molecule has 3 aliphatic rings. The number of ether oxygens (including phenoxy) is 5. The number of ketones is 1. The van der Waals surface area contributed by atoms with Gasteiger partial charge in [0.25, 0.3) is 0 Å². The van der Waals surface area contributed by atoms with Gasteiger partial charge in [0.1, 0.15) is 48.8 Å². The average molecular weight is 611 g/mol. The minimum atomic E-state index is -1.84. The van der Waals surface area contributed by atoms with E-state index in [1.54, 1.807) is 0 Å². The quantitative estimate of drug-likeness (QED) is 0.114. The van der Waals surface area contributed by atoms with Gasteiger partial charge in [-0.15, -0.1) is 0 Å². The standard InChI is InChI=1S/C27H30O16/c28-7-15-18(32)21(35)23(37)26(42-15)39-8-16-19(33)22(36)24(38)27(43-16)41-13-4-2-10-17(31)14(40-25(10)20(13)34)6-9-1-3-11(29)12(30)5-9/h1-6,15-16,18-19,21-24,26-30,32-38H,7-8H2/b14-6-/t15-,16-,18-,19-,21+,22+,23-,24-,26+,27-/m1/s1. The third-order valence-electron chi connectivity index (χ3n) is 7.26. The van der Waals surface area contributed by atoms with E-state index in [0.29, 0.717) is 5.56 Å². The topological polar surface area (TPSA) is 266 Å². The Balaban J connectivity index is 1.29. The van der Waals surface area contributed by atoms with Crippen molar-refractivity contribution in [3.05, 3.63) is 47.2 Å². The number of rotatable bonds is 7. The van der Waals surface area contributed by atoms with Crippen molar-refractivity contribution in [2.75, 3.05) is 13.2 Å². The van der Waals surface area contributed by atoms with E-state index in [9.17, 15) is 55.9 Å². The lowest BCUT2D eigenvalue weighted by molar-refractivity contribution is -0.323. The third-order valence-corrected chi connectivity index (χ3v) is 7.26. The Morgan fingerprint density at radius 2 is 1.42 bits per heavy atom. The highest BCUT2D eigenvalue weighted by molar-refractivity contribution is 6.15. The molecule has 43 heavy (non-hydrogen) atoms. The summed E-state index contributed by atoms with van der Waals surface area (Å²) in [6.07, 6.45) is -15.2. The van der Waals surface area contributed by atoms with Crippen LogP contribution < -0.4 is 9.47 Å². The number of hydrogen-bond acceptors (Lipinski definition) is 16. The second-order valence-electron chi connectivity index (χ2n) is 10.1. The van der Waals surface area contributed by atoms with Gasteiger partial charge in [-0.1, -0.05) is 6.07 Å². The lowest BCUT2D eigenvalue weighted by Gasteiger charge is -2.42. The second-order valence-corrected chi connectivity index (χ2v) is 10.1. The number of phenolic OH excluding ortho intramolecular Hbond substituents is 3. The molecule has 2 fully saturated rings. The fourth-order valence-corrected chi connectivity index (χ4v) is 4.77. The molecule has 0 amide bonds. The van der Waals surface area contributed by atoms with Crippen LogP contribution in [-0.4, -0.2) is 131 Å². The zero-order valence-electron chi connectivity index (χ0n) is 22.1. The molecule has 16 nitrogen and oxygen atoms in total. The lowest BCUT2D eigenvalue weighted by Crippen LogP contribution is -2.62. The number of carbonyl (C=O) groups is 1. The molecule has 3 heterocycles. The monoisotopic (exact) mass is 610 g/mol. The molecule has 0 aromatic heterocycles. The third kappa shape index (κ3) is 5.85. The Bertz CT molecular complexity index is 1380. The zero-order valence-corrected chi connectivity index (χ0v) is 22.1. The van der Waals surface area contributed by atoms with Gasteiger partial charge in [-0.3, -0.25) is 4.79 Å². The maximum atomic E-state index is 12.8. The van der Waals surface area contributed by atoms with E-state index in [2.05, 4.69) is 0 Å². The van der Waals surface area contributed by atoms with Gasteiger partial charge in [-0.05, 0) is 35.9 Å². The fourth-order valence-electron chi connectivity index (χ4n) is 4.77. The van der Waals surface area contributed by atoms with Gasteiger partial charge in [0.15, 0.2) is 35.0 Å². The molecular formula is C27H30O16. The SMILES string of the molecule is O=C1/C(=C/c2ccc(O)c(O)c2)Oc2c1ccc(O[C@@H]1O[C@H](CO[C@H]3O[C@H](CO)[C@@H](O)[C@H](O)[C@H]3O)[C@@H](O)[C@H](O)[C@H]1O)c2O. The molecule has 2 saturated heterocycles. The summed E-state index contributed by atoms with van der Waals surface area (Å²) in [7, 11) is 0. The normalized spacial score (nSPS) is 35.0. The Morgan fingerprint density at radius 1 is 0.767 bits per heavy atom. The van der Waals surface area contributed by atoms with Crippen LogP contribution in [0.25, 0.3) is 6.08 Å². The first kappa shape index (κ1) is 30.9. The number of phenols is 3. The number of allylic oxidation sites excluding steroid dienone is 1. The molecular weight excluding hydrogens is 580 g/mol. The molecule has 2 aromatic carbocycles. The molecule has 2 aromatic rings. The van der Waals surface area contributed by atoms with Crippen LogP contribution in [-0.2, 0) is 14.2 Å². The van der Waals surface area contributed by atoms with Crippen molar-refractivity contribution in [3.63, 3.8) is 0 Å². The molecule has 0 bridgehead atoms. The van der Waals surface area contributed by atoms with E-state index in [0.717, 1.165) is 0 Å². The summed E-state index contributed by atoms with van der Waals surface area (Å²) in [5, 5.41) is 101. The number of fused-ring (bicyclic) bond motifs is 1. The van der Waals surface area contributed by atoms with Crippen molar-refractivity contribution >= 4 is 11.9 Å². The van der Waals surface area contributed by atoms with E-state index < -0.39 is 91.9 Å². The number of carbonyl (C=O) groups excluding carboxylic acids is 1. The number of aliphatic hydroxyl groups is 7. The Hall–Kier alpha value is -3.55. The lowest BCUT2D eigenvalue weighted by atomic mass is 9.98. The summed E-state index contributed by atoms with van der Waals surface area (Å²) in [4.78, 5) is 12.8. The number of benzene rings is 2. The Labute approximate surface area is 242 Å². The molecule has 234 valence electrons. The minimum absolute atomic E-state index is 0.0366. The van der Waals surface area contributed by atoms with Crippen LogP contribution in [0.4, 0.5) is 0 Å². The smallest absolute Gasteiger partial charge is 0.232 e. The van der Waals surface area contributed by atoms with Crippen molar-refractivity contribution < 1.29 is 79.5 Å². The van der Waals surface area contributed by atoms with Gasteiger partial charge in [0.05, 0.1) is 18.8 Å². The summed E-state index contributed by atoms with van der Waals surface area (Å²) in [6, 6.07) is 6.26. The molecule has 10 N–H and O–H groups in total. The maximum Gasteiger partial charge on any atom is 0.232 e. The molecule has 0 radical (unpaired) electrons. The molecule has 3 aliphatic heterocycles. The molecule has 0 saturated carbocycles.